The molecule has 0 bridgehead atoms. The number of nitro benzene ring substituents is 1. The first-order valence-corrected chi connectivity index (χ1v) is 7.53. The van der Waals surface area contributed by atoms with E-state index in [0.717, 1.165) is 17.7 Å². The van der Waals surface area contributed by atoms with Crippen LogP contribution in [0.2, 0.25) is 0 Å². The molecule has 2 aromatic carbocycles. The van der Waals surface area contributed by atoms with Gasteiger partial charge < -0.3 is 15.2 Å². The SMILES string of the molecule is O=[N+]([O-])c1ccc(CO)cc1NCC1CCOc2ccccc21. The second kappa shape index (κ2) is 6.66. The number of hydrogen-bond donors (Lipinski definition) is 2. The Morgan fingerprint density at radius 1 is 1.30 bits per heavy atom. The van der Waals surface area contributed by atoms with Gasteiger partial charge in [-0.2, -0.15) is 0 Å². The van der Waals surface area contributed by atoms with Crippen molar-refractivity contribution in [3.8, 4) is 5.75 Å². The number of ether oxygens (including phenoxy) is 1. The molecule has 1 unspecified atom stereocenters. The fourth-order valence-corrected chi connectivity index (χ4v) is 2.84. The molecule has 120 valence electrons. The molecule has 0 amide bonds. The Labute approximate surface area is 133 Å². The molecule has 0 radical (unpaired) electrons. The molecule has 2 aromatic rings. The van der Waals surface area contributed by atoms with Crippen LogP contribution in [0.1, 0.15) is 23.5 Å². The molecule has 1 heterocycles. The van der Waals surface area contributed by atoms with Gasteiger partial charge in [-0.1, -0.05) is 18.2 Å². The Balaban J connectivity index is 1.80. The highest BCUT2D eigenvalue weighted by Gasteiger charge is 2.22. The molecule has 3 rings (SSSR count). The molecule has 2 N–H and O–H groups in total. The smallest absolute Gasteiger partial charge is 0.292 e. The number of nitrogens with one attached hydrogen (secondary N) is 1. The summed E-state index contributed by atoms with van der Waals surface area (Å²) < 4.78 is 5.64. The highest BCUT2D eigenvalue weighted by molar-refractivity contribution is 5.63. The minimum Gasteiger partial charge on any atom is -0.493 e. The van der Waals surface area contributed by atoms with Crippen molar-refractivity contribution in [2.45, 2.75) is 18.9 Å². The fourth-order valence-electron chi connectivity index (χ4n) is 2.84. The minimum atomic E-state index is -0.415. The molecule has 6 heteroatoms. The number of nitro groups is 1. The lowest BCUT2D eigenvalue weighted by Gasteiger charge is -2.26. The van der Waals surface area contributed by atoms with Crippen molar-refractivity contribution in [3.63, 3.8) is 0 Å². The van der Waals surface area contributed by atoms with Crippen LogP contribution in [0.15, 0.2) is 42.5 Å². The van der Waals surface area contributed by atoms with Gasteiger partial charge in [0.15, 0.2) is 0 Å². The van der Waals surface area contributed by atoms with Crippen LogP contribution in [0.3, 0.4) is 0 Å². The predicted molar refractivity (Wildman–Crippen MR) is 86.8 cm³/mol. The van der Waals surface area contributed by atoms with E-state index in [2.05, 4.69) is 5.32 Å². The van der Waals surface area contributed by atoms with Crippen molar-refractivity contribution in [2.75, 3.05) is 18.5 Å². The summed E-state index contributed by atoms with van der Waals surface area (Å²) in [6.07, 6.45) is 0.859. The van der Waals surface area contributed by atoms with Gasteiger partial charge in [0.25, 0.3) is 5.69 Å². The van der Waals surface area contributed by atoms with Gasteiger partial charge in [-0.25, -0.2) is 0 Å². The maximum atomic E-state index is 11.2. The van der Waals surface area contributed by atoms with Gasteiger partial charge in [0, 0.05) is 18.5 Å². The van der Waals surface area contributed by atoms with Gasteiger partial charge in [-0.05, 0) is 35.7 Å². The Hall–Kier alpha value is -2.60. The average molecular weight is 314 g/mol. The normalized spacial score (nSPS) is 16.3. The van der Waals surface area contributed by atoms with Crippen molar-refractivity contribution in [3.05, 3.63) is 63.7 Å². The van der Waals surface area contributed by atoms with Crippen molar-refractivity contribution in [2.24, 2.45) is 0 Å². The number of fused-ring (bicyclic) bond motifs is 1. The number of para-hydroxylation sites is 1. The third-order valence-corrected chi connectivity index (χ3v) is 4.06. The molecule has 0 saturated carbocycles. The third-order valence-electron chi connectivity index (χ3n) is 4.06. The number of aliphatic hydroxyl groups is 1. The number of benzene rings is 2. The Bertz CT molecular complexity index is 717. The Morgan fingerprint density at radius 3 is 2.91 bits per heavy atom. The van der Waals surface area contributed by atoms with Crippen molar-refractivity contribution in [1.29, 1.82) is 0 Å². The molecule has 6 nitrogen and oxygen atoms in total. The molecule has 1 aliphatic rings. The first-order valence-electron chi connectivity index (χ1n) is 7.53. The highest BCUT2D eigenvalue weighted by Crippen LogP contribution is 2.34. The van der Waals surface area contributed by atoms with E-state index in [-0.39, 0.29) is 18.2 Å². The number of hydrogen-bond acceptors (Lipinski definition) is 5. The molecule has 0 fully saturated rings. The molecular formula is C17H18N2O4. The average Bonchev–Trinajstić information content (AvgIpc) is 2.59. The van der Waals surface area contributed by atoms with Crippen LogP contribution >= 0.6 is 0 Å². The van der Waals surface area contributed by atoms with Crippen LogP contribution < -0.4 is 10.1 Å². The maximum absolute atomic E-state index is 11.2. The van der Waals surface area contributed by atoms with E-state index in [0.29, 0.717) is 24.4 Å². The van der Waals surface area contributed by atoms with Gasteiger partial charge in [-0.3, -0.25) is 10.1 Å². The van der Waals surface area contributed by atoms with Crippen LogP contribution in [0, 0.1) is 10.1 Å². The molecule has 0 saturated heterocycles. The summed E-state index contributed by atoms with van der Waals surface area (Å²) in [5.74, 6) is 1.11. The standard InChI is InChI=1S/C17H18N2O4/c20-11-12-5-6-16(19(21)22)15(9-12)18-10-13-7-8-23-17-4-2-1-3-14(13)17/h1-6,9,13,18,20H,7-8,10-11H2. The summed E-state index contributed by atoms with van der Waals surface area (Å²) in [5, 5.41) is 23.6. The van der Waals surface area contributed by atoms with E-state index in [1.807, 2.05) is 24.3 Å². The fraction of sp³-hybridized carbons (Fsp3) is 0.294. The summed E-state index contributed by atoms with van der Waals surface area (Å²) in [4.78, 5) is 10.7. The number of aliphatic hydroxyl groups excluding tert-OH is 1. The van der Waals surface area contributed by atoms with Crippen molar-refractivity contribution < 1.29 is 14.8 Å². The van der Waals surface area contributed by atoms with Crippen LogP contribution in [-0.4, -0.2) is 23.2 Å². The zero-order valence-corrected chi connectivity index (χ0v) is 12.6. The van der Waals surface area contributed by atoms with Gasteiger partial charge >= 0.3 is 0 Å². The third kappa shape index (κ3) is 3.27. The van der Waals surface area contributed by atoms with E-state index in [1.165, 1.54) is 6.07 Å². The molecule has 1 aliphatic heterocycles. The monoisotopic (exact) mass is 314 g/mol. The second-order valence-corrected chi connectivity index (χ2v) is 5.52. The van der Waals surface area contributed by atoms with Crippen LogP contribution in [0.25, 0.3) is 0 Å². The lowest BCUT2D eigenvalue weighted by molar-refractivity contribution is -0.384. The van der Waals surface area contributed by atoms with E-state index in [1.54, 1.807) is 12.1 Å². The highest BCUT2D eigenvalue weighted by atomic mass is 16.6. The summed E-state index contributed by atoms with van der Waals surface area (Å²) in [6, 6.07) is 12.5. The molecule has 0 aromatic heterocycles. The summed E-state index contributed by atoms with van der Waals surface area (Å²) >= 11 is 0. The van der Waals surface area contributed by atoms with E-state index < -0.39 is 4.92 Å². The number of rotatable bonds is 5. The molecule has 0 aliphatic carbocycles. The topological polar surface area (TPSA) is 84.6 Å². The number of anilines is 1. The largest absolute Gasteiger partial charge is 0.493 e. The van der Waals surface area contributed by atoms with Gasteiger partial charge in [0.2, 0.25) is 0 Å². The van der Waals surface area contributed by atoms with Gasteiger partial charge in [-0.15, -0.1) is 0 Å². The number of nitrogens with zero attached hydrogens (tertiary/aromatic N) is 1. The van der Waals surface area contributed by atoms with Crippen molar-refractivity contribution in [1.82, 2.24) is 0 Å². The Morgan fingerprint density at radius 2 is 2.13 bits per heavy atom. The maximum Gasteiger partial charge on any atom is 0.292 e. The summed E-state index contributed by atoms with van der Waals surface area (Å²) in [5.41, 5.74) is 2.21. The van der Waals surface area contributed by atoms with Crippen LogP contribution in [-0.2, 0) is 6.61 Å². The second-order valence-electron chi connectivity index (χ2n) is 5.52. The zero-order chi connectivity index (χ0) is 16.2. The van der Waals surface area contributed by atoms with Crippen LogP contribution in [0.5, 0.6) is 5.75 Å². The first kappa shape index (κ1) is 15.3. The van der Waals surface area contributed by atoms with Crippen molar-refractivity contribution >= 4 is 11.4 Å². The summed E-state index contributed by atoms with van der Waals surface area (Å²) in [6.45, 7) is 1.07. The quantitative estimate of drug-likeness (QED) is 0.654. The van der Waals surface area contributed by atoms with Crippen LogP contribution in [0.4, 0.5) is 11.4 Å². The first-order chi connectivity index (χ1) is 11.2. The molecule has 0 spiro atoms. The zero-order valence-electron chi connectivity index (χ0n) is 12.6. The minimum absolute atomic E-state index is 0.0162. The lowest BCUT2D eigenvalue weighted by Crippen LogP contribution is -2.21. The molecule has 23 heavy (non-hydrogen) atoms. The van der Waals surface area contributed by atoms with E-state index >= 15 is 0 Å². The van der Waals surface area contributed by atoms with E-state index in [4.69, 9.17) is 4.74 Å². The predicted octanol–water partition coefficient (Wildman–Crippen LogP) is 3.07. The lowest BCUT2D eigenvalue weighted by atomic mass is 9.93. The molecule has 1 atom stereocenters. The molecular weight excluding hydrogens is 296 g/mol. The Kier molecular flexibility index (Phi) is 4.43. The van der Waals surface area contributed by atoms with E-state index in [9.17, 15) is 15.2 Å². The van der Waals surface area contributed by atoms with Gasteiger partial charge in [0.05, 0.1) is 18.1 Å². The van der Waals surface area contributed by atoms with Gasteiger partial charge in [0.1, 0.15) is 11.4 Å². The summed E-state index contributed by atoms with van der Waals surface area (Å²) in [7, 11) is 0.